The topological polar surface area (TPSA) is 156 Å². The summed E-state index contributed by atoms with van der Waals surface area (Å²) >= 11 is 0. The van der Waals surface area contributed by atoms with Crippen LogP contribution in [0.4, 0.5) is 5.82 Å². The summed E-state index contributed by atoms with van der Waals surface area (Å²) in [5, 5.41) is 16.3. The number of carbonyl (C=O) groups excluding carboxylic acids is 3. The second kappa shape index (κ2) is 8.73. The number of aliphatic hydroxyl groups excluding tert-OH is 1. The van der Waals surface area contributed by atoms with Crippen LogP contribution in [-0.2, 0) is 4.79 Å². The highest BCUT2D eigenvalue weighted by atomic mass is 16.3. The third-order valence-corrected chi connectivity index (χ3v) is 7.14. The van der Waals surface area contributed by atoms with Crippen molar-refractivity contribution in [2.75, 3.05) is 19.4 Å². The molecule has 0 aliphatic carbocycles. The van der Waals surface area contributed by atoms with Crippen LogP contribution in [0.5, 0.6) is 0 Å². The lowest BCUT2D eigenvalue weighted by molar-refractivity contribution is -0.138. The first-order valence-electron chi connectivity index (χ1n) is 11.6. The summed E-state index contributed by atoms with van der Waals surface area (Å²) in [5.41, 5.74) is 9.61. The highest BCUT2D eigenvalue weighted by Gasteiger charge is 2.44. The standard InChI is InChI=1S/C24H27N7O4/c1-12(33)20-21(14-7-15-4-5-16(8-14)30(15)19(34)11-32)29-23-17(10-28-31(23)22(20)25)13-3-6-18(27-9-13)24(35)26-2/h3,6,9-10,14-16,32H,4-5,7-8,11,25H2,1-2H3,(H,26,35)/t14-,15+,16-. The fourth-order valence-corrected chi connectivity index (χ4v) is 5.60. The zero-order valence-electron chi connectivity index (χ0n) is 19.6. The Morgan fingerprint density at radius 2 is 1.89 bits per heavy atom. The van der Waals surface area contributed by atoms with Gasteiger partial charge in [-0.05, 0) is 38.7 Å². The number of amides is 2. The molecule has 182 valence electrons. The van der Waals surface area contributed by atoms with Gasteiger partial charge in [0.25, 0.3) is 5.91 Å². The van der Waals surface area contributed by atoms with Crippen molar-refractivity contribution in [2.24, 2.45) is 0 Å². The lowest BCUT2D eigenvalue weighted by Crippen LogP contribution is -2.47. The number of anilines is 1. The molecule has 3 atom stereocenters. The zero-order valence-corrected chi connectivity index (χ0v) is 19.6. The number of hydrogen-bond acceptors (Lipinski definition) is 8. The van der Waals surface area contributed by atoms with Crippen LogP contribution in [0.3, 0.4) is 0 Å². The third-order valence-electron chi connectivity index (χ3n) is 7.14. The summed E-state index contributed by atoms with van der Waals surface area (Å²) in [5.74, 6) is -0.566. The number of pyridine rings is 1. The van der Waals surface area contributed by atoms with Gasteiger partial charge in [-0.25, -0.2) is 4.98 Å². The Kier molecular flexibility index (Phi) is 5.72. The Morgan fingerprint density at radius 1 is 1.17 bits per heavy atom. The average molecular weight is 478 g/mol. The van der Waals surface area contributed by atoms with Gasteiger partial charge in [-0.15, -0.1) is 0 Å². The molecule has 5 rings (SSSR count). The summed E-state index contributed by atoms with van der Waals surface area (Å²) in [4.78, 5) is 47.7. The number of Topliss-reactive ketones (excluding diaryl/α,β-unsaturated/α-hetero) is 1. The summed E-state index contributed by atoms with van der Waals surface area (Å²) < 4.78 is 1.46. The Hall–Kier alpha value is -3.86. The molecule has 0 saturated carbocycles. The van der Waals surface area contributed by atoms with E-state index in [0.29, 0.717) is 46.6 Å². The predicted molar refractivity (Wildman–Crippen MR) is 127 cm³/mol. The van der Waals surface area contributed by atoms with E-state index in [9.17, 15) is 19.5 Å². The number of carbonyl (C=O) groups is 3. The van der Waals surface area contributed by atoms with Crippen molar-refractivity contribution in [1.82, 2.24) is 29.8 Å². The van der Waals surface area contributed by atoms with Gasteiger partial charge in [-0.1, -0.05) is 6.07 Å². The minimum absolute atomic E-state index is 0.00305. The number of nitrogens with zero attached hydrogens (tertiary/aromatic N) is 5. The highest BCUT2D eigenvalue weighted by molar-refractivity contribution is 6.00. The molecule has 5 heterocycles. The summed E-state index contributed by atoms with van der Waals surface area (Å²) in [6, 6.07) is 3.40. The SMILES string of the molecule is CNC(=O)c1ccc(-c2cnn3c(N)c(C(C)=O)c([C@H]4C[C@H]5CC[C@@H](C4)N5C(=O)CO)nc23)cn1. The number of piperidine rings is 1. The fourth-order valence-electron chi connectivity index (χ4n) is 5.60. The Bertz CT molecular complexity index is 1320. The maximum absolute atomic E-state index is 12.7. The molecule has 35 heavy (non-hydrogen) atoms. The van der Waals surface area contributed by atoms with Crippen LogP contribution in [0.1, 0.15) is 65.1 Å². The molecular weight excluding hydrogens is 450 g/mol. The van der Waals surface area contributed by atoms with E-state index in [-0.39, 0.29) is 41.4 Å². The molecule has 2 saturated heterocycles. The van der Waals surface area contributed by atoms with Gasteiger partial charge >= 0.3 is 0 Å². The number of aromatic nitrogens is 4. The van der Waals surface area contributed by atoms with Crippen molar-refractivity contribution >= 4 is 29.1 Å². The number of aliphatic hydroxyl groups is 1. The largest absolute Gasteiger partial charge is 0.387 e. The van der Waals surface area contributed by atoms with Crippen LogP contribution in [0.15, 0.2) is 24.5 Å². The Labute approximate surface area is 201 Å². The van der Waals surface area contributed by atoms with E-state index in [2.05, 4.69) is 15.4 Å². The van der Waals surface area contributed by atoms with Crippen LogP contribution >= 0.6 is 0 Å². The quantitative estimate of drug-likeness (QED) is 0.462. The van der Waals surface area contributed by atoms with Crippen molar-refractivity contribution < 1.29 is 19.5 Å². The Morgan fingerprint density at radius 3 is 2.46 bits per heavy atom. The van der Waals surface area contributed by atoms with E-state index in [1.54, 1.807) is 36.5 Å². The molecule has 2 amide bonds. The van der Waals surface area contributed by atoms with Crippen LogP contribution in [0, 0.1) is 0 Å². The zero-order chi connectivity index (χ0) is 24.9. The lowest BCUT2D eigenvalue weighted by atomic mass is 9.85. The number of nitrogens with two attached hydrogens (primary N) is 1. The van der Waals surface area contributed by atoms with E-state index in [4.69, 9.17) is 10.7 Å². The summed E-state index contributed by atoms with van der Waals surface area (Å²) in [6.45, 7) is 0.965. The molecule has 0 aromatic carbocycles. The normalized spacial score (nSPS) is 21.3. The van der Waals surface area contributed by atoms with Crippen LogP contribution in [-0.4, -0.2) is 72.9 Å². The molecule has 2 bridgehead atoms. The van der Waals surface area contributed by atoms with E-state index < -0.39 is 6.61 Å². The van der Waals surface area contributed by atoms with Crippen molar-refractivity contribution in [3.8, 4) is 11.1 Å². The first-order chi connectivity index (χ1) is 16.8. The predicted octanol–water partition coefficient (Wildman–Crippen LogP) is 1.16. The summed E-state index contributed by atoms with van der Waals surface area (Å²) in [7, 11) is 1.54. The number of ketones is 1. The van der Waals surface area contributed by atoms with Gasteiger partial charge in [0.15, 0.2) is 11.4 Å². The fraction of sp³-hybridized carbons (Fsp3) is 0.417. The molecule has 3 aromatic rings. The van der Waals surface area contributed by atoms with Gasteiger partial charge in [-0.2, -0.15) is 9.61 Å². The average Bonchev–Trinajstić information content (AvgIpc) is 3.41. The van der Waals surface area contributed by atoms with Crippen LogP contribution in [0.2, 0.25) is 0 Å². The minimum Gasteiger partial charge on any atom is -0.387 e. The van der Waals surface area contributed by atoms with E-state index in [1.807, 2.05) is 0 Å². The summed E-state index contributed by atoms with van der Waals surface area (Å²) in [6.07, 6.45) is 6.23. The maximum Gasteiger partial charge on any atom is 0.269 e. The number of nitrogen functional groups attached to an aromatic ring is 1. The van der Waals surface area contributed by atoms with Gasteiger partial charge in [0, 0.05) is 42.4 Å². The van der Waals surface area contributed by atoms with Crippen molar-refractivity contribution in [3.63, 3.8) is 0 Å². The second-order valence-electron chi connectivity index (χ2n) is 9.13. The van der Waals surface area contributed by atoms with Gasteiger partial charge in [-0.3, -0.25) is 19.4 Å². The molecule has 0 unspecified atom stereocenters. The van der Waals surface area contributed by atoms with Gasteiger partial charge in [0.2, 0.25) is 5.91 Å². The van der Waals surface area contributed by atoms with Crippen molar-refractivity contribution in [1.29, 1.82) is 0 Å². The molecule has 4 N–H and O–H groups in total. The first kappa shape index (κ1) is 22.9. The molecule has 0 radical (unpaired) electrons. The second-order valence-corrected chi connectivity index (χ2v) is 9.13. The van der Waals surface area contributed by atoms with Crippen molar-refractivity contribution in [3.05, 3.63) is 41.5 Å². The molecule has 11 nitrogen and oxygen atoms in total. The van der Waals surface area contributed by atoms with Gasteiger partial charge in [0.05, 0.1) is 17.5 Å². The third kappa shape index (κ3) is 3.72. The van der Waals surface area contributed by atoms with Crippen LogP contribution in [0.25, 0.3) is 16.8 Å². The Balaban J connectivity index is 1.58. The number of nitrogens with one attached hydrogen (secondary N) is 1. The number of hydrogen-bond donors (Lipinski definition) is 3. The molecule has 0 spiro atoms. The van der Waals surface area contributed by atoms with E-state index in [1.165, 1.54) is 11.4 Å². The van der Waals surface area contributed by atoms with E-state index >= 15 is 0 Å². The number of rotatable bonds is 5. The lowest BCUT2D eigenvalue weighted by Gasteiger charge is -2.39. The van der Waals surface area contributed by atoms with Crippen LogP contribution < -0.4 is 11.1 Å². The molecular formula is C24H27N7O4. The molecule has 2 aliphatic rings. The van der Waals surface area contributed by atoms with Gasteiger partial charge in [0.1, 0.15) is 18.1 Å². The van der Waals surface area contributed by atoms with Gasteiger partial charge < -0.3 is 21.1 Å². The first-order valence-corrected chi connectivity index (χ1v) is 11.6. The molecule has 11 heteroatoms. The van der Waals surface area contributed by atoms with E-state index in [0.717, 1.165) is 12.8 Å². The number of fused-ring (bicyclic) bond motifs is 3. The smallest absolute Gasteiger partial charge is 0.269 e. The maximum atomic E-state index is 12.7. The minimum atomic E-state index is -0.501. The molecule has 2 aliphatic heterocycles. The molecule has 3 aromatic heterocycles. The monoisotopic (exact) mass is 477 g/mol. The molecule has 2 fully saturated rings. The van der Waals surface area contributed by atoms with Crippen molar-refractivity contribution in [2.45, 2.75) is 50.6 Å². The highest BCUT2D eigenvalue weighted by Crippen LogP contribution is 2.44.